The molecule has 20 heteroatoms. The van der Waals surface area contributed by atoms with Crippen molar-refractivity contribution >= 4 is 0 Å². The number of aliphatic hydroxyl groups is 8. The van der Waals surface area contributed by atoms with Crippen molar-refractivity contribution in [1.82, 2.24) is 5.32 Å². The van der Waals surface area contributed by atoms with E-state index < -0.39 is 129 Å². The van der Waals surface area contributed by atoms with Gasteiger partial charge in [0.1, 0.15) is 48.8 Å². The van der Waals surface area contributed by atoms with Gasteiger partial charge in [0, 0.05) is 32.2 Å². The molecule has 1 aliphatic carbocycles. The summed E-state index contributed by atoms with van der Waals surface area (Å²) in [5.74, 6) is -0.485. The van der Waals surface area contributed by atoms with Crippen LogP contribution in [0.3, 0.4) is 0 Å². The zero-order chi connectivity index (χ0) is 36.7. The lowest BCUT2D eigenvalue weighted by Crippen LogP contribution is -2.64. The second-order valence-electron chi connectivity index (χ2n) is 13.5. The number of hydrogen-bond donors (Lipinski definition) is 14. The zero-order valence-corrected chi connectivity index (χ0v) is 27.9. The van der Waals surface area contributed by atoms with E-state index in [2.05, 4.69) is 5.32 Å². The molecule has 0 radical (unpaired) electrons. The Hall–Kier alpha value is -1.06. The van der Waals surface area contributed by atoms with Crippen molar-refractivity contribution in [3.63, 3.8) is 0 Å². The molecule has 3 heterocycles. The van der Waals surface area contributed by atoms with E-state index in [0.717, 1.165) is 0 Å². The zero-order valence-electron chi connectivity index (χ0n) is 27.9. The molecule has 0 aromatic heterocycles. The van der Waals surface area contributed by atoms with Gasteiger partial charge >= 0.3 is 0 Å². The van der Waals surface area contributed by atoms with Crippen molar-refractivity contribution in [3.8, 4) is 0 Å². The van der Waals surface area contributed by atoms with Crippen LogP contribution in [0.4, 0.5) is 0 Å². The smallest absolute Gasteiger partial charge is 0.187 e. The third-order valence-electron chi connectivity index (χ3n) is 9.72. The van der Waals surface area contributed by atoms with Crippen molar-refractivity contribution in [3.05, 3.63) is 12.2 Å². The van der Waals surface area contributed by atoms with E-state index in [-0.39, 0.29) is 39.0 Å². The van der Waals surface area contributed by atoms with Gasteiger partial charge in [-0.05, 0) is 25.2 Å². The number of nitrogens with two attached hydrogens (primary N) is 5. The molecule has 1 saturated carbocycles. The van der Waals surface area contributed by atoms with Crippen LogP contribution in [0.1, 0.15) is 19.3 Å². The van der Waals surface area contributed by atoms with Crippen LogP contribution < -0.4 is 34.0 Å². The van der Waals surface area contributed by atoms with E-state index in [9.17, 15) is 35.7 Å². The van der Waals surface area contributed by atoms with E-state index in [0.29, 0.717) is 6.42 Å². The van der Waals surface area contributed by atoms with Crippen LogP contribution in [0.5, 0.6) is 0 Å². The first-order valence-corrected chi connectivity index (χ1v) is 17.1. The van der Waals surface area contributed by atoms with Crippen LogP contribution in [0.15, 0.2) is 12.2 Å². The topological polar surface area (TPSA) is 359 Å². The lowest BCUT2D eigenvalue weighted by molar-refractivity contribution is -0.286. The Morgan fingerprint density at radius 3 is 2.10 bits per heavy atom. The van der Waals surface area contributed by atoms with Crippen LogP contribution in [0.2, 0.25) is 0 Å². The second kappa shape index (κ2) is 19.3. The van der Waals surface area contributed by atoms with E-state index in [1.165, 1.54) is 0 Å². The first-order chi connectivity index (χ1) is 23.8. The Balaban J connectivity index is 1.50. The Kier molecular flexibility index (Phi) is 16.1. The van der Waals surface area contributed by atoms with Crippen molar-refractivity contribution in [2.24, 2.45) is 34.6 Å². The molecular weight excluding hydrogens is 668 g/mol. The standard InChI is InChI=1S/C30H58N6O14/c31-6-13(39)2-1-12-5-17(34)25(48-28-16(33)4-3-15(45-28)9-36-8-14(40)10-37)27(21(12)41)50-30-24(44)26(19(11-38)47-30)49-29-20(35)23(43)22(42)18(7-32)46-29/h3-4,12-30,36-44H,1-2,5-11,31-35H2/t12-,13?,14?,15+,16-,17+,18+,19-,20-,21+,22-,23-,24-,25-,26-,27-,28-,29-,30+/m1/s1. The number of nitrogens with one attached hydrogen (secondary N) is 1. The fourth-order valence-electron chi connectivity index (χ4n) is 6.69. The van der Waals surface area contributed by atoms with Crippen LogP contribution in [-0.2, 0) is 28.4 Å². The van der Waals surface area contributed by atoms with Crippen molar-refractivity contribution in [1.29, 1.82) is 0 Å². The molecule has 292 valence electrons. The molecule has 20 nitrogen and oxygen atoms in total. The first kappa shape index (κ1) is 41.7. The summed E-state index contributed by atoms with van der Waals surface area (Å²) in [5, 5.41) is 85.6. The maximum absolute atomic E-state index is 11.7. The fourth-order valence-corrected chi connectivity index (χ4v) is 6.69. The normalized spacial score (nSPS) is 45.1. The van der Waals surface area contributed by atoms with Gasteiger partial charge < -0.3 is 103 Å². The molecule has 0 aromatic carbocycles. The number of hydrogen-bond acceptors (Lipinski definition) is 20. The van der Waals surface area contributed by atoms with Crippen LogP contribution >= 0.6 is 0 Å². The summed E-state index contributed by atoms with van der Waals surface area (Å²) in [6.07, 6.45) is -13.4. The van der Waals surface area contributed by atoms with E-state index in [1.807, 2.05) is 0 Å². The van der Waals surface area contributed by atoms with Gasteiger partial charge in [0.15, 0.2) is 18.9 Å². The molecule has 2 saturated heterocycles. The van der Waals surface area contributed by atoms with E-state index >= 15 is 0 Å². The fraction of sp³-hybridized carbons (Fsp3) is 0.933. The maximum atomic E-state index is 11.7. The number of ether oxygens (including phenoxy) is 6. The van der Waals surface area contributed by atoms with E-state index in [1.54, 1.807) is 12.2 Å². The highest BCUT2D eigenvalue weighted by Crippen LogP contribution is 2.37. The summed E-state index contributed by atoms with van der Waals surface area (Å²) in [7, 11) is 0. The molecule has 50 heavy (non-hydrogen) atoms. The van der Waals surface area contributed by atoms with Crippen molar-refractivity contribution in [2.45, 2.75) is 130 Å². The summed E-state index contributed by atoms with van der Waals surface area (Å²) >= 11 is 0. The predicted molar refractivity (Wildman–Crippen MR) is 172 cm³/mol. The molecule has 4 aliphatic rings. The molecule has 3 fully saturated rings. The van der Waals surface area contributed by atoms with Gasteiger partial charge in [-0.25, -0.2) is 0 Å². The largest absolute Gasteiger partial charge is 0.394 e. The van der Waals surface area contributed by atoms with Gasteiger partial charge in [-0.1, -0.05) is 12.2 Å². The van der Waals surface area contributed by atoms with Gasteiger partial charge in [-0.2, -0.15) is 0 Å². The predicted octanol–water partition coefficient (Wildman–Crippen LogP) is -7.69. The monoisotopic (exact) mass is 726 g/mol. The van der Waals surface area contributed by atoms with Crippen molar-refractivity contribution < 1.29 is 69.3 Å². The number of rotatable bonds is 17. The van der Waals surface area contributed by atoms with E-state index in [4.69, 9.17) is 62.2 Å². The Morgan fingerprint density at radius 1 is 0.760 bits per heavy atom. The first-order valence-electron chi connectivity index (χ1n) is 17.1. The lowest BCUT2D eigenvalue weighted by Gasteiger charge is -2.46. The Labute approximate surface area is 290 Å². The molecule has 0 aromatic rings. The molecular formula is C30H58N6O14. The molecule has 0 amide bonds. The summed E-state index contributed by atoms with van der Waals surface area (Å²) < 4.78 is 36.0. The van der Waals surface area contributed by atoms with Gasteiger partial charge in [0.2, 0.25) is 0 Å². The van der Waals surface area contributed by atoms with Crippen molar-refractivity contribution in [2.75, 3.05) is 39.4 Å². The van der Waals surface area contributed by atoms with Crippen LogP contribution in [0.25, 0.3) is 0 Å². The molecule has 19 N–H and O–H groups in total. The molecule has 4 rings (SSSR count). The summed E-state index contributed by atoms with van der Waals surface area (Å²) in [5.41, 5.74) is 30.2. The highest BCUT2D eigenvalue weighted by molar-refractivity contribution is 5.05. The molecule has 19 atom stereocenters. The minimum absolute atomic E-state index is 0.0301. The van der Waals surface area contributed by atoms with Crippen LogP contribution in [-0.4, -0.2) is 190 Å². The molecule has 3 aliphatic heterocycles. The van der Waals surface area contributed by atoms with Crippen LogP contribution in [0, 0.1) is 5.92 Å². The molecule has 2 unspecified atom stereocenters. The summed E-state index contributed by atoms with van der Waals surface area (Å²) in [6, 6.07) is -2.74. The van der Waals surface area contributed by atoms with Gasteiger partial charge in [0.05, 0.1) is 49.7 Å². The highest BCUT2D eigenvalue weighted by Gasteiger charge is 2.53. The average molecular weight is 727 g/mol. The third kappa shape index (κ3) is 10.1. The summed E-state index contributed by atoms with van der Waals surface area (Å²) in [6.45, 7) is -0.799. The highest BCUT2D eigenvalue weighted by atomic mass is 16.8. The minimum Gasteiger partial charge on any atom is -0.394 e. The maximum Gasteiger partial charge on any atom is 0.187 e. The lowest BCUT2D eigenvalue weighted by atomic mass is 9.77. The quantitative estimate of drug-likeness (QED) is 0.0619. The Bertz CT molecular complexity index is 1040. The Morgan fingerprint density at radius 2 is 1.44 bits per heavy atom. The summed E-state index contributed by atoms with van der Waals surface area (Å²) in [4.78, 5) is 0. The minimum atomic E-state index is -1.59. The second-order valence-corrected chi connectivity index (χ2v) is 13.5. The van der Waals surface area contributed by atoms with Gasteiger partial charge in [-0.15, -0.1) is 0 Å². The molecule has 0 spiro atoms. The third-order valence-corrected chi connectivity index (χ3v) is 9.72. The molecule has 0 bridgehead atoms. The average Bonchev–Trinajstić information content (AvgIpc) is 3.40. The van der Waals surface area contributed by atoms with Gasteiger partial charge in [0.25, 0.3) is 0 Å². The van der Waals surface area contributed by atoms with Gasteiger partial charge in [-0.3, -0.25) is 0 Å². The SMILES string of the molecule is NCC(O)CC[C@@H]1C[C@H](N)[C@@H](O[C@H]2O[C@H](CNCC(O)CO)C=C[C@H]2N)[C@H](O[C@@H]2O[C@H](CO)[C@@H](O[C@H]3O[C@@H](CN)[C@@H](O)[C@H](O)[C@H]3N)[C@H]2O)[C@H]1O. The number of aliphatic hydroxyl groups excluding tert-OH is 8.